The van der Waals surface area contributed by atoms with Crippen molar-refractivity contribution in [3.05, 3.63) is 59.6 Å². The van der Waals surface area contributed by atoms with Crippen molar-refractivity contribution in [3.8, 4) is 11.3 Å². The number of allylic oxidation sites excluding steroid dienone is 3. The van der Waals surface area contributed by atoms with Crippen molar-refractivity contribution in [1.29, 1.82) is 0 Å². The van der Waals surface area contributed by atoms with Crippen LogP contribution in [0.4, 0.5) is 14.6 Å². The molecule has 10 heteroatoms. The Balaban J connectivity index is 1.63. The first-order valence-corrected chi connectivity index (χ1v) is 13.2. The molecule has 2 aromatic heterocycles. The van der Waals surface area contributed by atoms with E-state index in [0.717, 1.165) is 44.7 Å². The molecule has 0 amide bonds. The van der Waals surface area contributed by atoms with Crippen LogP contribution < -0.4 is 10.6 Å². The van der Waals surface area contributed by atoms with Gasteiger partial charge in [0.2, 0.25) is 0 Å². The Hall–Kier alpha value is -3.66. The van der Waals surface area contributed by atoms with E-state index in [9.17, 15) is 0 Å². The lowest BCUT2D eigenvalue weighted by Gasteiger charge is -2.30. The molecule has 0 radical (unpaired) electrons. The highest BCUT2D eigenvalue weighted by Gasteiger charge is 2.20. The number of hydrogen-bond donors (Lipinski definition) is 2. The topological polar surface area (TPSA) is 83.3 Å². The van der Waals surface area contributed by atoms with E-state index in [0.29, 0.717) is 22.7 Å². The van der Waals surface area contributed by atoms with Crippen molar-refractivity contribution in [1.82, 2.24) is 29.7 Å². The molecule has 2 N–H and O–H groups in total. The maximum atomic E-state index is 15.7. The zero-order chi connectivity index (χ0) is 27.2. The number of nitrogens with one attached hydrogen (secondary N) is 2. The molecule has 0 aliphatic carbocycles. The van der Waals surface area contributed by atoms with Crippen LogP contribution in [0.15, 0.2) is 47.1 Å². The van der Waals surface area contributed by atoms with Gasteiger partial charge in [-0.15, -0.1) is 0 Å². The summed E-state index contributed by atoms with van der Waals surface area (Å²) in [6, 6.07) is 3.05. The van der Waals surface area contributed by atoms with Gasteiger partial charge in [0.1, 0.15) is 29.2 Å². The van der Waals surface area contributed by atoms with Crippen LogP contribution in [0.25, 0.3) is 22.3 Å². The Labute approximate surface area is 222 Å². The van der Waals surface area contributed by atoms with E-state index < -0.39 is 11.6 Å². The molecule has 0 spiro atoms. The maximum absolute atomic E-state index is 15.7. The Morgan fingerprint density at radius 1 is 1.21 bits per heavy atom. The van der Waals surface area contributed by atoms with Crippen LogP contribution in [0, 0.1) is 18.6 Å². The number of aliphatic imine (C=N–C) groups is 1. The molecule has 0 atom stereocenters. The summed E-state index contributed by atoms with van der Waals surface area (Å²) in [5.41, 5.74) is 2.21. The Kier molecular flexibility index (Phi) is 8.83. The van der Waals surface area contributed by atoms with Gasteiger partial charge in [0.15, 0.2) is 17.5 Å². The summed E-state index contributed by atoms with van der Waals surface area (Å²) >= 11 is 0. The first-order chi connectivity index (χ1) is 18.3. The summed E-state index contributed by atoms with van der Waals surface area (Å²) in [5, 5.41) is 6.34. The van der Waals surface area contributed by atoms with E-state index >= 15 is 8.78 Å². The Morgan fingerprint density at radius 3 is 2.66 bits per heavy atom. The standard InChI is InChI=1S/C28H36F2N8/c1-6-8-9-21(37-12-10-31-11-13-37)16-32-24(7-2)36-28-25(30)26(33-17-34-28)20-14-22(29)27-23(15-20)38(18(3)4)19(5)35-27/h7,9,14-18,31H,6,8,10-13H2,1-5H3,(H,33,34,36)/b21-9-,24-7+,32-16-. The molecule has 1 saturated heterocycles. The van der Waals surface area contributed by atoms with E-state index in [1.807, 2.05) is 38.5 Å². The van der Waals surface area contributed by atoms with Crippen LogP contribution in [0.1, 0.15) is 52.4 Å². The number of fused-ring (bicyclic) bond motifs is 1. The highest BCUT2D eigenvalue weighted by atomic mass is 19.1. The van der Waals surface area contributed by atoms with E-state index in [1.54, 1.807) is 12.1 Å². The minimum atomic E-state index is -0.683. The summed E-state index contributed by atoms with van der Waals surface area (Å²) in [7, 11) is 0. The molecule has 1 aliphatic heterocycles. The lowest BCUT2D eigenvalue weighted by atomic mass is 10.1. The van der Waals surface area contributed by atoms with Crippen molar-refractivity contribution < 1.29 is 8.78 Å². The van der Waals surface area contributed by atoms with E-state index in [1.165, 1.54) is 12.4 Å². The summed E-state index contributed by atoms with van der Waals surface area (Å²) in [5.74, 6) is -0.0975. The molecule has 202 valence electrons. The number of rotatable bonds is 9. The number of piperazine rings is 1. The van der Waals surface area contributed by atoms with Gasteiger partial charge in [-0.3, -0.25) is 0 Å². The predicted molar refractivity (Wildman–Crippen MR) is 149 cm³/mol. The average molecular weight is 523 g/mol. The minimum Gasteiger partial charge on any atom is -0.368 e. The fourth-order valence-electron chi connectivity index (χ4n) is 4.63. The Morgan fingerprint density at radius 2 is 1.97 bits per heavy atom. The molecule has 3 aromatic rings. The van der Waals surface area contributed by atoms with Crippen LogP contribution in [0.5, 0.6) is 0 Å². The zero-order valence-electron chi connectivity index (χ0n) is 22.7. The molecule has 0 bridgehead atoms. The lowest BCUT2D eigenvalue weighted by molar-refractivity contribution is 0.312. The van der Waals surface area contributed by atoms with Crippen molar-refractivity contribution >= 4 is 23.1 Å². The molecule has 3 heterocycles. The molecule has 1 aliphatic rings. The number of halogens is 2. The normalized spacial score (nSPS) is 15.3. The predicted octanol–water partition coefficient (Wildman–Crippen LogP) is 5.59. The highest BCUT2D eigenvalue weighted by Crippen LogP contribution is 2.31. The van der Waals surface area contributed by atoms with Crippen molar-refractivity contribution in [3.63, 3.8) is 0 Å². The fraction of sp³-hybridized carbons (Fsp3) is 0.429. The second-order valence-corrected chi connectivity index (χ2v) is 9.55. The van der Waals surface area contributed by atoms with Crippen molar-refractivity contribution in [2.75, 3.05) is 31.5 Å². The van der Waals surface area contributed by atoms with Crippen molar-refractivity contribution in [2.45, 2.75) is 53.5 Å². The summed E-state index contributed by atoms with van der Waals surface area (Å²) in [4.78, 5) is 19.5. The molecule has 38 heavy (non-hydrogen) atoms. The summed E-state index contributed by atoms with van der Waals surface area (Å²) < 4.78 is 32.6. The van der Waals surface area contributed by atoms with Crippen LogP contribution in [0.2, 0.25) is 0 Å². The van der Waals surface area contributed by atoms with Gasteiger partial charge >= 0.3 is 0 Å². The lowest BCUT2D eigenvalue weighted by Crippen LogP contribution is -2.43. The molecule has 0 unspecified atom stereocenters. The molecule has 8 nitrogen and oxygen atoms in total. The van der Waals surface area contributed by atoms with Gasteiger partial charge in [-0.1, -0.05) is 19.4 Å². The number of nitrogens with zero attached hydrogens (tertiary/aromatic N) is 6. The third-order valence-corrected chi connectivity index (χ3v) is 6.48. The molecule has 0 saturated carbocycles. The van der Waals surface area contributed by atoms with Gasteiger partial charge in [0, 0.05) is 37.8 Å². The van der Waals surface area contributed by atoms with E-state index in [4.69, 9.17) is 0 Å². The first kappa shape index (κ1) is 27.4. The third kappa shape index (κ3) is 5.91. The number of aromatic nitrogens is 4. The van der Waals surface area contributed by atoms with E-state index in [-0.39, 0.29) is 23.1 Å². The second-order valence-electron chi connectivity index (χ2n) is 9.55. The summed E-state index contributed by atoms with van der Waals surface area (Å²) in [6.45, 7) is 13.4. The third-order valence-electron chi connectivity index (χ3n) is 6.48. The largest absolute Gasteiger partial charge is 0.368 e. The van der Waals surface area contributed by atoms with Crippen LogP contribution in [0.3, 0.4) is 0 Å². The van der Waals surface area contributed by atoms with Crippen molar-refractivity contribution in [2.24, 2.45) is 4.99 Å². The first-order valence-electron chi connectivity index (χ1n) is 13.2. The monoisotopic (exact) mass is 522 g/mol. The molecule has 1 fully saturated rings. The van der Waals surface area contributed by atoms with Crippen LogP contribution in [-0.2, 0) is 0 Å². The maximum Gasteiger partial charge on any atom is 0.192 e. The number of hydrogen-bond acceptors (Lipinski definition) is 7. The quantitative estimate of drug-likeness (QED) is 0.356. The van der Waals surface area contributed by atoms with Crippen LogP contribution >= 0.6 is 0 Å². The highest BCUT2D eigenvalue weighted by molar-refractivity contribution is 5.83. The molecular weight excluding hydrogens is 486 g/mol. The smallest absolute Gasteiger partial charge is 0.192 e. The number of aryl methyl sites for hydroxylation is 1. The zero-order valence-corrected chi connectivity index (χ0v) is 22.7. The number of unbranched alkanes of at least 4 members (excludes halogenated alkanes) is 1. The molecule has 4 rings (SSSR count). The van der Waals surface area contributed by atoms with Crippen LogP contribution in [-0.4, -0.2) is 56.8 Å². The average Bonchev–Trinajstić information content (AvgIpc) is 3.26. The number of anilines is 1. The number of imidazole rings is 1. The van der Waals surface area contributed by atoms with Gasteiger partial charge < -0.3 is 20.1 Å². The molecular formula is C28H36F2N8. The van der Waals surface area contributed by atoms with Gasteiger partial charge in [-0.2, -0.15) is 0 Å². The van der Waals surface area contributed by atoms with E-state index in [2.05, 4.69) is 48.5 Å². The molecule has 1 aromatic carbocycles. The van der Waals surface area contributed by atoms with Gasteiger partial charge in [-0.25, -0.2) is 28.7 Å². The number of benzene rings is 1. The summed E-state index contributed by atoms with van der Waals surface area (Å²) in [6.07, 6.45) is 8.99. The SMILES string of the molecule is C\C=C(/N=C\C(=C\CCC)N1CCNCC1)Nc1ncnc(-c2cc(F)c3nc(C)n(C(C)C)c3c2)c1F. The van der Waals surface area contributed by atoms with Gasteiger partial charge in [0.25, 0.3) is 0 Å². The second kappa shape index (κ2) is 12.3. The minimum absolute atomic E-state index is 0.00115. The van der Waals surface area contributed by atoms with Gasteiger partial charge in [0.05, 0.1) is 17.4 Å². The Bertz CT molecular complexity index is 1370. The van der Waals surface area contributed by atoms with Gasteiger partial charge in [-0.05, 0) is 52.3 Å². The fourth-order valence-corrected chi connectivity index (χ4v) is 4.63.